The number of hydrogen-bond acceptors (Lipinski definition) is 4. The minimum absolute atomic E-state index is 0.0417. The van der Waals surface area contributed by atoms with Gasteiger partial charge in [-0.05, 0) is 38.8 Å². The first-order valence-corrected chi connectivity index (χ1v) is 7.23. The van der Waals surface area contributed by atoms with Crippen LogP contribution in [-0.2, 0) is 16.0 Å². The van der Waals surface area contributed by atoms with Crippen molar-refractivity contribution in [2.24, 2.45) is 5.73 Å². The van der Waals surface area contributed by atoms with Gasteiger partial charge in [0.15, 0.2) is 6.10 Å². The molecule has 112 valence electrons. The van der Waals surface area contributed by atoms with E-state index in [0.29, 0.717) is 30.2 Å². The molecule has 0 aromatic heterocycles. The van der Waals surface area contributed by atoms with E-state index in [1.165, 1.54) is 0 Å². The van der Waals surface area contributed by atoms with Crippen LogP contribution in [0, 0.1) is 0 Å². The van der Waals surface area contributed by atoms with Gasteiger partial charge in [-0.15, -0.1) is 0 Å². The molecule has 2 unspecified atom stereocenters. The minimum Gasteiger partial charge on any atom is -0.478 e. The molecule has 0 fully saturated rings. The second-order valence-corrected chi connectivity index (χ2v) is 5.07. The van der Waals surface area contributed by atoms with E-state index in [4.69, 9.17) is 26.8 Å². The summed E-state index contributed by atoms with van der Waals surface area (Å²) < 4.78 is 10.8. The molecule has 0 radical (unpaired) electrons. The van der Waals surface area contributed by atoms with Gasteiger partial charge in [-0.1, -0.05) is 24.6 Å². The fourth-order valence-electron chi connectivity index (χ4n) is 1.86. The van der Waals surface area contributed by atoms with Crippen LogP contribution in [0.5, 0.6) is 5.75 Å². The lowest BCUT2D eigenvalue weighted by atomic mass is 10.1. The number of esters is 1. The Morgan fingerprint density at radius 1 is 1.40 bits per heavy atom. The summed E-state index contributed by atoms with van der Waals surface area (Å²) >= 11 is 6.19. The highest BCUT2D eigenvalue weighted by atomic mass is 35.5. The number of rotatable bonds is 7. The van der Waals surface area contributed by atoms with Crippen LogP contribution < -0.4 is 10.5 Å². The minimum atomic E-state index is -0.625. The van der Waals surface area contributed by atoms with Gasteiger partial charge in [0, 0.05) is 16.6 Å². The Morgan fingerprint density at radius 3 is 2.65 bits per heavy atom. The maximum absolute atomic E-state index is 11.8. The van der Waals surface area contributed by atoms with Crippen LogP contribution in [0.1, 0.15) is 32.8 Å². The third-order valence-corrected chi connectivity index (χ3v) is 3.15. The molecule has 0 spiro atoms. The van der Waals surface area contributed by atoms with Crippen molar-refractivity contribution < 1.29 is 14.3 Å². The molecule has 0 bridgehead atoms. The molecular formula is C15H22ClNO3. The SMILES string of the molecule is CCOC(=O)C(CC)Oc1cccc(Cl)c1CC(C)N. The van der Waals surface area contributed by atoms with E-state index in [1.807, 2.05) is 13.8 Å². The summed E-state index contributed by atoms with van der Waals surface area (Å²) in [5.74, 6) is 0.233. The van der Waals surface area contributed by atoms with Crippen molar-refractivity contribution in [3.63, 3.8) is 0 Å². The fraction of sp³-hybridized carbons (Fsp3) is 0.533. The van der Waals surface area contributed by atoms with E-state index in [9.17, 15) is 4.79 Å². The number of carbonyl (C=O) groups is 1. The largest absolute Gasteiger partial charge is 0.478 e. The topological polar surface area (TPSA) is 61.5 Å². The molecule has 1 rings (SSSR count). The maximum Gasteiger partial charge on any atom is 0.347 e. The molecule has 0 aliphatic rings. The Labute approximate surface area is 125 Å². The number of halogens is 1. The average molecular weight is 300 g/mol. The van der Waals surface area contributed by atoms with Gasteiger partial charge in [0.25, 0.3) is 0 Å². The molecule has 0 aliphatic heterocycles. The third kappa shape index (κ3) is 4.69. The molecule has 1 aromatic carbocycles. The average Bonchev–Trinajstić information content (AvgIpc) is 2.39. The van der Waals surface area contributed by atoms with Gasteiger partial charge in [-0.25, -0.2) is 4.79 Å². The lowest BCUT2D eigenvalue weighted by Crippen LogP contribution is -2.29. The lowest BCUT2D eigenvalue weighted by molar-refractivity contribution is -0.151. The van der Waals surface area contributed by atoms with Gasteiger partial charge in [-0.3, -0.25) is 0 Å². The zero-order valence-electron chi connectivity index (χ0n) is 12.2. The van der Waals surface area contributed by atoms with E-state index in [-0.39, 0.29) is 12.0 Å². The highest BCUT2D eigenvalue weighted by molar-refractivity contribution is 6.31. The third-order valence-electron chi connectivity index (χ3n) is 2.79. The van der Waals surface area contributed by atoms with E-state index in [2.05, 4.69) is 0 Å². The summed E-state index contributed by atoms with van der Waals surface area (Å²) in [7, 11) is 0. The zero-order chi connectivity index (χ0) is 15.1. The van der Waals surface area contributed by atoms with Crippen molar-refractivity contribution in [1.82, 2.24) is 0 Å². The van der Waals surface area contributed by atoms with Crippen LogP contribution in [0.15, 0.2) is 18.2 Å². The molecule has 0 heterocycles. The van der Waals surface area contributed by atoms with Gasteiger partial charge in [0.2, 0.25) is 0 Å². The molecule has 5 heteroatoms. The van der Waals surface area contributed by atoms with Crippen molar-refractivity contribution in [3.8, 4) is 5.75 Å². The van der Waals surface area contributed by atoms with Crippen LogP contribution in [0.4, 0.5) is 0 Å². The summed E-state index contributed by atoms with van der Waals surface area (Å²) in [5.41, 5.74) is 6.65. The van der Waals surface area contributed by atoms with Gasteiger partial charge in [-0.2, -0.15) is 0 Å². The Balaban J connectivity index is 2.95. The summed E-state index contributed by atoms with van der Waals surface area (Å²) in [6.45, 7) is 5.87. The maximum atomic E-state index is 11.8. The number of benzene rings is 1. The second-order valence-electron chi connectivity index (χ2n) is 4.66. The van der Waals surface area contributed by atoms with E-state index >= 15 is 0 Å². The smallest absolute Gasteiger partial charge is 0.347 e. The predicted molar refractivity (Wildman–Crippen MR) is 80.1 cm³/mol. The quantitative estimate of drug-likeness (QED) is 0.786. The van der Waals surface area contributed by atoms with Gasteiger partial charge < -0.3 is 15.2 Å². The molecule has 4 nitrogen and oxygen atoms in total. The molecule has 0 aliphatic carbocycles. The van der Waals surface area contributed by atoms with Crippen LogP contribution in [-0.4, -0.2) is 24.7 Å². The summed E-state index contributed by atoms with van der Waals surface area (Å²) in [5, 5.41) is 0.596. The summed E-state index contributed by atoms with van der Waals surface area (Å²) in [6.07, 6.45) is 0.497. The van der Waals surface area contributed by atoms with Crippen LogP contribution in [0.25, 0.3) is 0 Å². The van der Waals surface area contributed by atoms with Gasteiger partial charge in [0.05, 0.1) is 6.61 Å². The monoisotopic (exact) mass is 299 g/mol. The number of nitrogens with two attached hydrogens (primary N) is 1. The standard InChI is InChI=1S/C15H22ClNO3/c1-4-13(15(18)19-5-2)20-14-8-6-7-12(16)11(14)9-10(3)17/h6-8,10,13H,4-5,9,17H2,1-3H3. The molecular weight excluding hydrogens is 278 g/mol. The van der Waals surface area contributed by atoms with Crippen molar-refractivity contribution in [2.45, 2.75) is 45.8 Å². The first-order valence-electron chi connectivity index (χ1n) is 6.85. The van der Waals surface area contributed by atoms with Crippen molar-refractivity contribution in [2.75, 3.05) is 6.61 Å². The highest BCUT2D eigenvalue weighted by Crippen LogP contribution is 2.28. The molecule has 2 atom stereocenters. The van der Waals surface area contributed by atoms with Crippen molar-refractivity contribution >= 4 is 17.6 Å². The first kappa shape index (κ1) is 16.8. The molecule has 0 saturated heterocycles. The van der Waals surface area contributed by atoms with Crippen LogP contribution in [0.3, 0.4) is 0 Å². The zero-order valence-corrected chi connectivity index (χ0v) is 12.9. The van der Waals surface area contributed by atoms with Crippen LogP contribution >= 0.6 is 11.6 Å². The molecule has 20 heavy (non-hydrogen) atoms. The fourth-order valence-corrected chi connectivity index (χ4v) is 2.10. The van der Waals surface area contributed by atoms with Gasteiger partial charge >= 0.3 is 5.97 Å². The van der Waals surface area contributed by atoms with Crippen LogP contribution in [0.2, 0.25) is 5.02 Å². The second kappa shape index (κ2) is 8.12. The van der Waals surface area contributed by atoms with Crippen molar-refractivity contribution in [1.29, 1.82) is 0 Å². The normalized spacial score (nSPS) is 13.7. The first-order chi connectivity index (χ1) is 9.49. The summed E-state index contributed by atoms with van der Waals surface area (Å²) in [6, 6.07) is 5.34. The Bertz CT molecular complexity index is 449. The molecule has 0 amide bonds. The van der Waals surface area contributed by atoms with Crippen molar-refractivity contribution in [3.05, 3.63) is 28.8 Å². The Morgan fingerprint density at radius 2 is 2.10 bits per heavy atom. The Hall–Kier alpha value is -1.26. The number of carbonyl (C=O) groups excluding carboxylic acids is 1. The van der Waals surface area contributed by atoms with E-state index < -0.39 is 6.10 Å². The summed E-state index contributed by atoms with van der Waals surface area (Å²) in [4.78, 5) is 11.8. The van der Waals surface area contributed by atoms with E-state index in [0.717, 1.165) is 5.56 Å². The Kier molecular flexibility index (Phi) is 6.82. The predicted octanol–water partition coefficient (Wildman–Crippen LogP) is 2.95. The molecule has 0 saturated carbocycles. The molecule has 2 N–H and O–H groups in total. The lowest BCUT2D eigenvalue weighted by Gasteiger charge is -2.19. The van der Waals surface area contributed by atoms with Gasteiger partial charge in [0.1, 0.15) is 5.75 Å². The van der Waals surface area contributed by atoms with E-state index in [1.54, 1.807) is 25.1 Å². The molecule has 1 aromatic rings. The highest BCUT2D eigenvalue weighted by Gasteiger charge is 2.21. The number of hydrogen-bond donors (Lipinski definition) is 1. The number of ether oxygens (including phenoxy) is 2.